The lowest BCUT2D eigenvalue weighted by molar-refractivity contribution is -0.127. The molecule has 0 aromatic carbocycles. The fraction of sp³-hybridized carbons (Fsp3) is 0.963. The van der Waals surface area contributed by atoms with Crippen molar-refractivity contribution in [1.82, 2.24) is 5.32 Å². The number of rotatable bonds is 3. The van der Waals surface area contributed by atoms with Crippen LogP contribution in [0.3, 0.4) is 0 Å². The molecule has 3 unspecified atom stereocenters. The maximum absolute atomic E-state index is 12.7. The summed E-state index contributed by atoms with van der Waals surface area (Å²) in [5, 5.41) is 3.44. The lowest BCUT2D eigenvalue weighted by Gasteiger charge is -2.60. The lowest BCUT2D eigenvalue weighted by atomic mass is 9.45. The molecule has 0 spiro atoms. The summed E-state index contributed by atoms with van der Waals surface area (Å²) < 4.78 is 0. The number of hydrogen-bond donors (Lipinski definition) is 1. The summed E-state index contributed by atoms with van der Waals surface area (Å²) in [5.41, 5.74) is 0.483. The Morgan fingerprint density at radius 1 is 0.862 bits per heavy atom. The van der Waals surface area contributed by atoms with Crippen molar-refractivity contribution >= 4 is 5.91 Å². The van der Waals surface area contributed by atoms with Gasteiger partial charge >= 0.3 is 0 Å². The first-order chi connectivity index (χ1) is 14.1. The van der Waals surface area contributed by atoms with E-state index in [9.17, 15) is 4.79 Å². The predicted molar refractivity (Wildman–Crippen MR) is 119 cm³/mol. The van der Waals surface area contributed by atoms with Gasteiger partial charge < -0.3 is 5.32 Å². The first-order valence-electron chi connectivity index (χ1n) is 13.3. The first-order valence-corrected chi connectivity index (χ1v) is 13.3. The van der Waals surface area contributed by atoms with E-state index in [1.54, 1.807) is 0 Å². The Morgan fingerprint density at radius 3 is 2.48 bits per heavy atom. The number of carbonyl (C=O) groups excluding carboxylic acids is 1. The third-order valence-corrected chi connectivity index (χ3v) is 10.9. The summed E-state index contributed by atoms with van der Waals surface area (Å²) >= 11 is 0. The summed E-state index contributed by atoms with van der Waals surface area (Å²) in [6, 6.07) is 0. The van der Waals surface area contributed by atoms with E-state index in [-0.39, 0.29) is 0 Å². The van der Waals surface area contributed by atoms with Crippen LogP contribution >= 0.6 is 0 Å². The van der Waals surface area contributed by atoms with E-state index < -0.39 is 0 Å². The quantitative estimate of drug-likeness (QED) is 0.570. The van der Waals surface area contributed by atoms with Gasteiger partial charge in [-0.2, -0.15) is 0 Å². The largest absolute Gasteiger partial charge is 0.356 e. The molecule has 0 heterocycles. The highest BCUT2D eigenvalue weighted by molar-refractivity contribution is 5.78. The van der Waals surface area contributed by atoms with Crippen LogP contribution in [0.25, 0.3) is 0 Å². The van der Waals surface area contributed by atoms with Gasteiger partial charge in [0.25, 0.3) is 0 Å². The minimum Gasteiger partial charge on any atom is -0.356 e. The maximum Gasteiger partial charge on any atom is 0.223 e. The second kappa shape index (κ2) is 8.19. The fourth-order valence-corrected chi connectivity index (χ4v) is 9.29. The Labute approximate surface area is 179 Å². The van der Waals surface area contributed by atoms with Gasteiger partial charge in [0.15, 0.2) is 0 Å². The van der Waals surface area contributed by atoms with Crippen LogP contribution in [0, 0.1) is 52.8 Å². The van der Waals surface area contributed by atoms with Gasteiger partial charge in [0.05, 0.1) is 0 Å². The zero-order chi connectivity index (χ0) is 20.0. The molecule has 5 aliphatic rings. The average molecular weight is 400 g/mol. The molecule has 8 atom stereocenters. The van der Waals surface area contributed by atoms with E-state index in [4.69, 9.17) is 0 Å². The summed E-state index contributed by atoms with van der Waals surface area (Å²) in [4.78, 5) is 12.7. The van der Waals surface area contributed by atoms with Crippen molar-refractivity contribution < 1.29 is 4.79 Å². The van der Waals surface area contributed by atoms with Gasteiger partial charge in [-0.25, -0.2) is 0 Å². The molecule has 5 aliphatic carbocycles. The summed E-state index contributed by atoms with van der Waals surface area (Å²) in [5.74, 6) is 7.46. The van der Waals surface area contributed by atoms with Crippen LogP contribution in [0.5, 0.6) is 0 Å². The first kappa shape index (κ1) is 20.4. The average Bonchev–Trinajstić information content (AvgIpc) is 3.26. The summed E-state index contributed by atoms with van der Waals surface area (Å²) in [7, 11) is 0. The van der Waals surface area contributed by atoms with E-state index >= 15 is 0 Å². The maximum atomic E-state index is 12.7. The van der Waals surface area contributed by atoms with Gasteiger partial charge in [0, 0.05) is 12.5 Å². The molecule has 0 saturated heterocycles. The Balaban J connectivity index is 1.26. The molecule has 1 amide bonds. The number of nitrogens with one attached hydrogen (secondary N) is 1. The van der Waals surface area contributed by atoms with Gasteiger partial charge in [-0.1, -0.05) is 39.5 Å². The van der Waals surface area contributed by atoms with E-state index in [1.807, 2.05) is 0 Å². The SMILES string of the molecule is C[C@H]1CC[C@H]2C(CC[C@@H]3C2CC[C@@]2(C)C3CCC[C@@H]2CNC(=O)C2CCCC2)C1. The van der Waals surface area contributed by atoms with Gasteiger partial charge in [-0.3, -0.25) is 4.79 Å². The monoisotopic (exact) mass is 399 g/mol. The molecule has 0 aromatic rings. The molecular formula is C27H45NO. The van der Waals surface area contributed by atoms with Gasteiger partial charge in [0.2, 0.25) is 5.91 Å². The summed E-state index contributed by atoms with van der Waals surface area (Å²) in [6.45, 7) is 6.09. The Bertz CT molecular complexity index is 595. The molecule has 5 fully saturated rings. The Morgan fingerprint density at radius 2 is 1.66 bits per heavy atom. The number of hydrogen-bond acceptors (Lipinski definition) is 1. The lowest BCUT2D eigenvalue weighted by Crippen LogP contribution is -2.54. The van der Waals surface area contributed by atoms with Crippen LogP contribution in [0.4, 0.5) is 0 Å². The highest BCUT2D eigenvalue weighted by Gasteiger charge is 2.55. The van der Waals surface area contributed by atoms with Crippen LogP contribution in [0.2, 0.25) is 0 Å². The smallest absolute Gasteiger partial charge is 0.223 e. The third kappa shape index (κ3) is 3.69. The fourth-order valence-electron chi connectivity index (χ4n) is 9.29. The standard InChI is InChI=1S/C27H45NO/c1-18-10-12-22-20(16-18)11-13-24-23(22)14-15-27(2)21(8-5-9-25(24)27)17-28-26(29)19-6-3-4-7-19/h18-25H,3-17H2,1-2H3,(H,28,29)/t18-,20?,21+,22-,23?,24+,25?,27+/m0/s1. The van der Waals surface area contributed by atoms with Crippen molar-refractivity contribution in [3.63, 3.8) is 0 Å². The Kier molecular flexibility index (Phi) is 5.76. The normalized spacial score (nSPS) is 47.7. The van der Waals surface area contributed by atoms with Crippen LogP contribution < -0.4 is 5.32 Å². The number of fused-ring (bicyclic) bond motifs is 5. The van der Waals surface area contributed by atoms with Gasteiger partial charge in [0.1, 0.15) is 0 Å². The van der Waals surface area contributed by atoms with Crippen molar-refractivity contribution in [1.29, 1.82) is 0 Å². The third-order valence-electron chi connectivity index (χ3n) is 10.9. The van der Waals surface area contributed by atoms with E-state index in [2.05, 4.69) is 19.2 Å². The zero-order valence-electron chi connectivity index (χ0n) is 19.1. The van der Waals surface area contributed by atoms with Gasteiger partial charge in [-0.15, -0.1) is 0 Å². The van der Waals surface area contributed by atoms with Crippen LogP contribution in [0.1, 0.15) is 104 Å². The van der Waals surface area contributed by atoms with Crippen LogP contribution in [0.15, 0.2) is 0 Å². The molecule has 164 valence electrons. The second-order valence-electron chi connectivity index (χ2n) is 12.3. The van der Waals surface area contributed by atoms with Crippen molar-refractivity contribution in [3.05, 3.63) is 0 Å². The molecule has 2 nitrogen and oxygen atoms in total. The van der Waals surface area contributed by atoms with E-state index in [0.717, 1.165) is 60.8 Å². The molecule has 0 aliphatic heterocycles. The summed E-state index contributed by atoms with van der Waals surface area (Å²) in [6.07, 6.45) is 19.5. The van der Waals surface area contributed by atoms with Crippen molar-refractivity contribution in [2.75, 3.05) is 6.54 Å². The molecule has 0 aromatic heterocycles. The van der Waals surface area contributed by atoms with Crippen molar-refractivity contribution in [3.8, 4) is 0 Å². The van der Waals surface area contributed by atoms with E-state index in [0.29, 0.717) is 17.2 Å². The van der Waals surface area contributed by atoms with Crippen molar-refractivity contribution in [2.45, 2.75) is 104 Å². The number of carbonyl (C=O) groups is 1. The molecule has 0 radical (unpaired) electrons. The van der Waals surface area contributed by atoms with Gasteiger partial charge in [-0.05, 0) is 111 Å². The van der Waals surface area contributed by atoms with E-state index in [1.165, 1.54) is 77.0 Å². The molecule has 2 heteroatoms. The Hall–Kier alpha value is -0.530. The molecule has 0 bridgehead atoms. The molecular weight excluding hydrogens is 354 g/mol. The molecule has 29 heavy (non-hydrogen) atoms. The molecule has 5 rings (SSSR count). The van der Waals surface area contributed by atoms with Crippen LogP contribution in [-0.2, 0) is 4.79 Å². The highest BCUT2D eigenvalue weighted by Crippen LogP contribution is 2.63. The predicted octanol–water partition coefficient (Wildman–Crippen LogP) is 6.59. The zero-order valence-corrected chi connectivity index (χ0v) is 19.1. The molecule has 5 saturated carbocycles. The molecule has 1 N–H and O–H groups in total. The minimum atomic E-state index is 0.321. The second-order valence-corrected chi connectivity index (χ2v) is 12.3. The highest BCUT2D eigenvalue weighted by atomic mass is 16.1. The topological polar surface area (TPSA) is 29.1 Å². The van der Waals surface area contributed by atoms with Crippen LogP contribution in [-0.4, -0.2) is 12.5 Å². The minimum absolute atomic E-state index is 0.321. The number of amides is 1. The van der Waals surface area contributed by atoms with Crippen molar-refractivity contribution in [2.24, 2.45) is 52.8 Å².